The van der Waals surface area contributed by atoms with Gasteiger partial charge < -0.3 is 15.2 Å². The quantitative estimate of drug-likeness (QED) is 0.846. The molecule has 94 valence electrons. The normalized spacial score (nSPS) is 16.2. The zero-order chi connectivity index (χ0) is 12.5. The number of rotatable bonds is 1. The Bertz CT molecular complexity index is 587. The third-order valence-electron chi connectivity index (χ3n) is 3.29. The Hall–Kier alpha value is -1.33. The van der Waals surface area contributed by atoms with Crippen molar-refractivity contribution in [1.29, 1.82) is 0 Å². The summed E-state index contributed by atoms with van der Waals surface area (Å²) in [6.45, 7) is 3.29. The highest BCUT2D eigenvalue weighted by atomic mass is 79.9. The summed E-state index contributed by atoms with van der Waals surface area (Å²) < 4.78 is 0.958. The number of nitrogens with one attached hydrogen (secondary N) is 2. The number of carbonyl (C=O) groups excluding carboxylic acids is 1. The number of halogens is 1. The maximum absolute atomic E-state index is 12.5. The Balaban J connectivity index is 2.01. The highest BCUT2D eigenvalue weighted by molar-refractivity contribution is 9.10. The summed E-state index contributed by atoms with van der Waals surface area (Å²) in [5, 5.41) is 4.23. The molecule has 0 unspecified atom stereocenters. The van der Waals surface area contributed by atoms with Gasteiger partial charge in [-0.05, 0) is 12.1 Å². The SMILES string of the molecule is O=C(c1c[nH]c2cccc(Br)c12)N1CCNCC1. The van der Waals surface area contributed by atoms with E-state index in [1.165, 1.54) is 0 Å². The molecule has 0 radical (unpaired) electrons. The molecule has 0 aliphatic carbocycles. The summed E-state index contributed by atoms with van der Waals surface area (Å²) in [5.74, 6) is 0.106. The molecule has 1 amide bonds. The average Bonchev–Trinajstić information content (AvgIpc) is 2.84. The Kier molecular flexibility index (Phi) is 3.09. The van der Waals surface area contributed by atoms with Crippen LogP contribution in [0.3, 0.4) is 0 Å². The van der Waals surface area contributed by atoms with Gasteiger partial charge in [0.2, 0.25) is 0 Å². The molecular weight excluding hydrogens is 294 g/mol. The minimum Gasteiger partial charge on any atom is -0.360 e. The monoisotopic (exact) mass is 307 g/mol. The van der Waals surface area contributed by atoms with Gasteiger partial charge in [0.25, 0.3) is 5.91 Å². The van der Waals surface area contributed by atoms with E-state index in [1.807, 2.05) is 23.1 Å². The van der Waals surface area contributed by atoms with Gasteiger partial charge in [0.1, 0.15) is 0 Å². The first-order chi connectivity index (χ1) is 8.77. The standard InChI is InChI=1S/C13H14BrN3O/c14-10-2-1-3-11-12(10)9(8-16-11)13(18)17-6-4-15-5-7-17/h1-3,8,15-16H,4-7H2. The first kappa shape index (κ1) is 11.7. The van der Waals surface area contributed by atoms with Crippen LogP contribution in [0.1, 0.15) is 10.4 Å². The lowest BCUT2D eigenvalue weighted by Crippen LogP contribution is -2.46. The number of aromatic nitrogens is 1. The van der Waals surface area contributed by atoms with Crippen molar-refractivity contribution in [3.63, 3.8) is 0 Å². The lowest BCUT2D eigenvalue weighted by Gasteiger charge is -2.27. The molecule has 1 aromatic carbocycles. The van der Waals surface area contributed by atoms with Gasteiger partial charge in [-0.1, -0.05) is 22.0 Å². The number of carbonyl (C=O) groups is 1. The summed E-state index contributed by atoms with van der Waals surface area (Å²) in [4.78, 5) is 17.5. The van der Waals surface area contributed by atoms with Crippen LogP contribution in [0.15, 0.2) is 28.9 Å². The van der Waals surface area contributed by atoms with Gasteiger partial charge in [0.05, 0.1) is 5.56 Å². The zero-order valence-corrected chi connectivity index (χ0v) is 11.5. The fourth-order valence-corrected chi connectivity index (χ4v) is 2.93. The third kappa shape index (κ3) is 1.93. The van der Waals surface area contributed by atoms with E-state index in [2.05, 4.69) is 26.2 Å². The van der Waals surface area contributed by atoms with E-state index < -0.39 is 0 Å². The van der Waals surface area contributed by atoms with Crippen molar-refractivity contribution in [2.75, 3.05) is 26.2 Å². The number of hydrogen-bond donors (Lipinski definition) is 2. The first-order valence-corrected chi connectivity index (χ1v) is 6.82. The summed E-state index contributed by atoms with van der Waals surface area (Å²) in [6.07, 6.45) is 1.81. The van der Waals surface area contributed by atoms with Gasteiger partial charge in [-0.15, -0.1) is 0 Å². The molecule has 0 spiro atoms. The van der Waals surface area contributed by atoms with Crippen LogP contribution in [0.2, 0.25) is 0 Å². The van der Waals surface area contributed by atoms with E-state index in [0.717, 1.165) is 47.1 Å². The maximum atomic E-state index is 12.5. The van der Waals surface area contributed by atoms with Crippen LogP contribution in [0.25, 0.3) is 10.9 Å². The van der Waals surface area contributed by atoms with E-state index >= 15 is 0 Å². The zero-order valence-electron chi connectivity index (χ0n) is 9.87. The highest BCUT2D eigenvalue weighted by Crippen LogP contribution is 2.27. The second-order valence-electron chi connectivity index (χ2n) is 4.41. The number of benzene rings is 1. The maximum Gasteiger partial charge on any atom is 0.256 e. The lowest BCUT2D eigenvalue weighted by atomic mass is 10.1. The van der Waals surface area contributed by atoms with Crippen molar-refractivity contribution in [1.82, 2.24) is 15.2 Å². The second-order valence-corrected chi connectivity index (χ2v) is 5.26. The van der Waals surface area contributed by atoms with Crippen molar-refractivity contribution in [2.45, 2.75) is 0 Å². The molecule has 3 rings (SSSR count). The van der Waals surface area contributed by atoms with Crippen LogP contribution in [-0.4, -0.2) is 42.0 Å². The van der Waals surface area contributed by atoms with Crippen molar-refractivity contribution in [2.24, 2.45) is 0 Å². The van der Waals surface area contributed by atoms with E-state index in [4.69, 9.17) is 0 Å². The van der Waals surface area contributed by atoms with Crippen LogP contribution >= 0.6 is 15.9 Å². The number of amides is 1. The van der Waals surface area contributed by atoms with Gasteiger partial charge >= 0.3 is 0 Å². The number of piperazine rings is 1. The van der Waals surface area contributed by atoms with E-state index in [1.54, 1.807) is 6.20 Å². The lowest BCUT2D eigenvalue weighted by molar-refractivity contribution is 0.0738. The van der Waals surface area contributed by atoms with Gasteiger partial charge in [-0.2, -0.15) is 0 Å². The minimum atomic E-state index is 0.106. The van der Waals surface area contributed by atoms with Crippen molar-refractivity contribution in [3.8, 4) is 0 Å². The molecule has 1 saturated heterocycles. The van der Waals surface area contributed by atoms with E-state index in [0.29, 0.717) is 0 Å². The third-order valence-corrected chi connectivity index (χ3v) is 3.95. The number of hydrogen-bond acceptors (Lipinski definition) is 2. The molecule has 1 aromatic heterocycles. The van der Waals surface area contributed by atoms with Gasteiger partial charge in [0.15, 0.2) is 0 Å². The fourth-order valence-electron chi connectivity index (χ4n) is 2.35. The highest BCUT2D eigenvalue weighted by Gasteiger charge is 2.21. The fraction of sp³-hybridized carbons (Fsp3) is 0.308. The summed E-state index contributed by atoms with van der Waals surface area (Å²) >= 11 is 3.52. The molecule has 1 aliphatic rings. The van der Waals surface area contributed by atoms with Crippen LogP contribution in [0.5, 0.6) is 0 Å². The predicted molar refractivity (Wildman–Crippen MR) is 74.8 cm³/mol. The van der Waals surface area contributed by atoms with Crippen molar-refractivity contribution in [3.05, 3.63) is 34.4 Å². The van der Waals surface area contributed by atoms with E-state index in [-0.39, 0.29) is 5.91 Å². The molecule has 5 heteroatoms. The molecule has 1 fully saturated rings. The predicted octanol–water partition coefficient (Wildman–Crippen LogP) is 1.98. The molecule has 0 atom stereocenters. The molecule has 2 heterocycles. The largest absolute Gasteiger partial charge is 0.360 e. The Morgan fingerprint density at radius 3 is 2.83 bits per heavy atom. The van der Waals surface area contributed by atoms with Gasteiger partial charge in [0, 0.05) is 47.8 Å². The van der Waals surface area contributed by atoms with Crippen LogP contribution in [0, 0.1) is 0 Å². The molecule has 4 nitrogen and oxygen atoms in total. The number of H-pyrrole nitrogens is 1. The van der Waals surface area contributed by atoms with Crippen molar-refractivity contribution >= 4 is 32.7 Å². The van der Waals surface area contributed by atoms with Crippen LogP contribution < -0.4 is 5.32 Å². The molecule has 18 heavy (non-hydrogen) atoms. The summed E-state index contributed by atoms with van der Waals surface area (Å²) in [6, 6.07) is 5.90. The van der Waals surface area contributed by atoms with Crippen LogP contribution in [0.4, 0.5) is 0 Å². The molecule has 0 bridgehead atoms. The first-order valence-electron chi connectivity index (χ1n) is 6.03. The Morgan fingerprint density at radius 2 is 2.06 bits per heavy atom. The van der Waals surface area contributed by atoms with E-state index in [9.17, 15) is 4.79 Å². The Labute approximate surface area is 113 Å². The summed E-state index contributed by atoms with van der Waals surface area (Å²) in [7, 11) is 0. The molecular formula is C13H14BrN3O. The topological polar surface area (TPSA) is 48.1 Å². The smallest absolute Gasteiger partial charge is 0.256 e. The molecule has 0 saturated carbocycles. The van der Waals surface area contributed by atoms with Gasteiger partial charge in [-0.25, -0.2) is 0 Å². The Morgan fingerprint density at radius 1 is 1.28 bits per heavy atom. The average molecular weight is 308 g/mol. The summed E-state index contributed by atoms with van der Waals surface area (Å²) in [5.41, 5.74) is 1.74. The minimum absolute atomic E-state index is 0.106. The van der Waals surface area contributed by atoms with Crippen LogP contribution in [-0.2, 0) is 0 Å². The number of nitrogens with zero attached hydrogens (tertiary/aromatic N) is 1. The number of aromatic amines is 1. The second kappa shape index (κ2) is 4.74. The number of fused-ring (bicyclic) bond motifs is 1. The molecule has 2 N–H and O–H groups in total. The molecule has 2 aromatic rings. The van der Waals surface area contributed by atoms with Gasteiger partial charge in [-0.3, -0.25) is 4.79 Å². The van der Waals surface area contributed by atoms with Crippen molar-refractivity contribution < 1.29 is 4.79 Å². The molecule has 1 aliphatic heterocycles.